The number of nitrogens with one attached hydrogen (secondary N) is 1. The average molecular weight is 329 g/mol. The van der Waals surface area contributed by atoms with E-state index in [1.165, 1.54) is 5.56 Å². The number of nitrogens with zero attached hydrogens (tertiary/aromatic N) is 2. The van der Waals surface area contributed by atoms with E-state index < -0.39 is 18.5 Å². The van der Waals surface area contributed by atoms with Gasteiger partial charge in [0.15, 0.2) is 0 Å². The molecule has 0 unspecified atom stereocenters. The van der Waals surface area contributed by atoms with Crippen molar-refractivity contribution in [2.24, 2.45) is 0 Å². The number of hydrogen-bond acceptors (Lipinski definition) is 3. The fourth-order valence-corrected chi connectivity index (χ4v) is 2.80. The zero-order valence-corrected chi connectivity index (χ0v) is 13.1. The maximum Gasteiger partial charge on any atom is 0.397 e. The first-order valence-corrected chi connectivity index (χ1v) is 7.66. The fraction of sp³-hybridized carbons (Fsp3) is 0.562. The standard InChI is InChI=1S/C16H22F3N3O/c1-21-9-10-22(8-7-20-15(23)11-16(17,18)19)14(12-21)13-5-3-2-4-6-13/h2-6,14H,7-12H2,1H3,(H,20,23)/t14-/m0/s1. The number of piperazine rings is 1. The Balaban J connectivity index is 1.88. The van der Waals surface area contributed by atoms with Crippen molar-refractivity contribution in [2.75, 3.05) is 39.8 Å². The van der Waals surface area contributed by atoms with Gasteiger partial charge in [-0.3, -0.25) is 9.69 Å². The van der Waals surface area contributed by atoms with Gasteiger partial charge in [0.05, 0.1) is 0 Å². The predicted molar refractivity (Wildman–Crippen MR) is 81.9 cm³/mol. The second-order valence-corrected chi connectivity index (χ2v) is 5.87. The molecule has 128 valence electrons. The zero-order chi connectivity index (χ0) is 16.9. The summed E-state index contributed by atoms with van der Waals surface area (Å²) in [6.07, 6.45) is -5.87. The first-order chi connectivity index (χ1) is 10.8. The van der Waals surface area contributed by atoms with Gasteiger partial charge in [0.25, 0.3) is 0 Å². The molecule has 0 spiro atoms. The molecule has 0 bridgehead atoms. The molecule has 4 nitrogen and oxygen atoms in total. The van der Waals surface area contributed by atoms with Crippen molar-refractivity contribution in [2.45, 2.75) is 18.6 Å². The molecule has 1 aromatic rings. The van der Waals surface area contributed by atoms with Crippen LogP contribution in [0, 0.1) is 0 Å². The van der Waals surface area contributed by atoms with E-state index >= 15 is 0 Å². The lowest BCUT2D eigenvalue weighted by atomic mass is 10.0. The van der Waals surface area contributed by atoms with Crippen LogP contribution in [0.3, 0.4) is 0 Å². The van der Waals surface area contributed by atoms with Gasteiger partial charge in [0, 0.05) is 38.8 Å². The van der Waals surface area contributed by atoms with Gasteiger partial charge in [-0.25, -0.2) is 0 Å². The Morgan fingerprint density at radius 2 is 1.96 bits per heavy atom. The lowest BCUT2D eigenvalue weighted by Gasteiger charge is -2.40. The van der Waals surface area contributed by atoms with Gasteiger partial charge in [-0.2, -0.15) is 13.2 Å². The van der Waals surface area contributed by atoms with Crippen molar-refractivity contribution in [1.29, 1.82) is 0 Å². The Morgan fingerprint density at radius 1 is 1.26 bits per heavy atom. The number of carbonyl (C=O) groups excluding carboxylic acids is 1. The summed E-state index contributed by atoms with van der Waals surface area (Å²) >= 11 is 0. The Kier molecular flexibility index (Phi) is 6.01. The van der Waals surface area contributed by atoms with Crippen LogP contribution in [-0.4, -0.2) is 61.7 Å². The van der Waals surface area contributed by atoms with Crippen molar-refractivity contribution < 1.29 is 18.0 Å². The molecule has 1 fully saturated rings. The molecule has 1 aliphatic heterocycles. The number of alkyl halides is 3. The monoisotopic (exact) mass is 329 g/mol. The van der Waals surface area contributed by atoms with E-state index in [0.717, 1.165) is 19.6 Å². The summed E-state index contributed by atoms with van der Waals surface area (Å²) in [4.78, 5) is 15.7. The first-order valence-electron chi connectivity index (χ1n) is 7.66. The number of carbonyl (C=O) groups is 1. The summed E-state index contributed by atoms with van der Waals surface area (Å²) < 4.78 is 36.4. The van der Waals surface area contributed by atoms with Gasteiger partial charge >= 0.3 is 6.18 Å². The maximum absolute atomic E-state index is 12.1. The van der Waals surface area contributed by atoms with Crippen LogP contribution in [0.1, 0.15) is 18.0 Å². The number of hydrogen-bond donors (Lipinski definition) is 1. The van der Waals surface area contributed by atoms with Crippen LogP contribution < -0.4 is 5.32 Å². The van der Waals surface area contributed by atoms with Crippen LogP contribution in [0.4, 0.5) is 13.2 Å². The molecule has 1 heterocycles. The maximum atomic E-state index is 12.1. The minimum Gasteiger partial charge on any atom is -0.355 e. The third kappa shape index (κ3) is 5.84. The molecule has 1 saturated heterocycles. The lowest BCUT2D eigenvalue weighted by molar-refractivity contribution is -0.153. The summed E-state index contributed by atoms with van der Waals surface area (Å²) in [6.45, 7) is 3.35. The summed E-state index contributed by atoms with van der Waals surface area (Å²) in [6, 6.07) is 10.2. The summed E-state index contributed by atoms with van der Waals surface area (Å²) in [7, 11) is 2.05. The molecular formula is C16H22F3N3O. The van der Waals surface area contributed by atoms with Crippen molar-refractivity contribution in [3.63, 3.8) is 0 Å². The molecule has 1 atom stereocenters. The molecule has 7 heteroatoms. The quantitative estimate of drug-likeness (QED) is 0.898. The molecule has 1 aliphatic rings. The highest BCUT2D eigenvalue weighted by Crippen LogP contribution is 2.24. The number of benzene rings is 1. The Morgan fingerprint density at radius 3 is 2.61 bits per heavy atom. The highest BCUT2D eigenvalue weighted by atomic mass is 19.4. The second-order valence-electron chi connectivity index (χ2n) is 5.87. The molecule has 0 saturated carbocycles. The Bertz CT molecular complexity index is 507. The Hall–Kier alpha value is -1.60. The topological polar surface area (TPSA) is 35.6 Å². The normalized spacial score (nSPS) is 20.4. The van der Waals surface area contributed by atoms with Gasteiger partial charge in [0.1, 0.15) is 6.42 Å². The van der Waals surface area contributed by atoms with E-state index in [4.69, 9.17) is 0 Å². The smallest absolute Gasteiger partial charge is 0.355 e. The van der Waals surface area contributed by atoms with E-state index in [9.17, 15) is 18.0 Å². The lowest BCUT2D eigenvalue weighted by Crippen LogP contribution is -2.49. The molecule has 1 N–H and O–H groups in total. The fourth-order valence-electron chi connectivity index (χ4n) is 2.80. The number of rotatable bonds is 5. The molecule has 23 heavy (non-hydrogen) atoms. The van der Waals surface area contributed by atoms with Crippen LogP contribution in [0.5, 0.6) is 0 Å². The van der Waals surface area contributed by atoms with Gasteiger partial charge < -0.3 is 10.2 Å². The van der Waals surface area contributed by atoms with Crippen LogP contribution in [0.2, 0.25) is 0 Å². The van der Waals surface area contributed by atoms with Crippen molar-refractivity contribution in [3.8, 4) is 0 Å². The average Bonchev–Trinajstić information content (AvgIpc) is 2.48. The molecule has 1 aromatic carbocycles. The van der Waals surface area contributed by atoms with Crippen molar-refractivity contribution >= 4 is 5.91 Å². The van der Waals surface area contributed by atoms with Crippen LogP contribution in [-0.2, 0) is 4.79 Å². The van der Waals surface area contributed by atoms with Crippen molar-refractivity contribution in [3.05, 3.63) is 35.9 Å². The predicted octanol–water partition coefficient (Wildman–Crippen LogP) is 2.04. The molecule has 0 aliphatic carbocycles. The number of halogens is 3. The third-order valence-electron chi connectivity index (χ3n) is 3.96. The van der Waals surface area contributed by atoms with E-state index in [1.54, 1.807) is 0 Å². The van der Waals surface area contributed by atoms with Gasteiger partial charge in [-0.15, -0.1) is 0 Å². The highest BCUT2D eigenvalue weighted by Gasteiger charge is 2.31. The van der Waals surface area contributed by atoms with E-state index in [2.05, 4.69) is 34.3 Å². The van der Waals surface area contributed by atoms with Crippen LogP contribution in [0.25, 0.3) is 0 Å². The van der Waals surface area contributed by atoms with Gasteiger partial charge in [0.2, 0.25) is 5.91 Å². The Labute approximate surface area is 134 Å². The number of likely N-dealkylation sites (N-methyl/N-ethyl adjacent to an activating group) is 1. The zero-order valence-electron chi connectivity index (χ0n) is 13.1. The van der Waals surface area contributed by atoms with E-state index in [-0.39, 0.29) is 12.6 Å². The second kappa shape index (κ2) is 7.79. The molecule has 1 amide bonds. The minimum atomic E-state index is -4.45. The van der Waals surface area contributed by atoms with Crippen LogP contribution >= 0.6 is 0 Å². The summed E-state index contributed by atoms with van der Waals surface area (Å²) in [5.74, 6) is -0.970. The minimum absolute atomic E-state index is 0.189. The first kappa shape index (κ1) is 17.7. The molecule has 2 rings (SSSR count). The van der Waals surface area contributed by atoms with E-state index in [1.807, 2.05) is 18.2 Å². The largest absolute Gasteiger partial charge is 0.397 e. The van der Waals surface area contributed by atoms with Crippen LogP contribution in [0.15, 0.2) is 30.3 Å². The SMILES string of the molecule is CN1CCN(CCNC(=O)CC(F)(F)F)[C@H](c2ccccc2)C1. The van der Waals surface area contributed by atoms with Gasteiger partial charge in [-0.1, -0.05) is 30.3 Å². The molecule has 0 aromatic heterocycles. The molecular weight excluding hydrogens is 307 g/mol. The molecule has 0 radical (unpaired) electrons. The third-order valence-corrected chi connectivity index (χ3v) is 3.96. The number of amides is 1. The van der Waals surface area contributed by atoms with Gasteiger partial charge in [-0.05, 0) is 12.6 Å². The van der Waals surface area contributed by atoms with Crippen molar-refractivity contribution in [1.82, 2.24) is 15.1 Å². The van der Waals surface area contributed by atoms with E-state index in [0.29, 0.717) is 6.54 Å². The highest BCUT2D eigenvalue weighted by molar-refractivity contribution is 5.76. The summed E-state index contributed by atoms with van der Waals surface area (Å²) in [5.41, 5.74) is 1.18. The summed E-state index contributed by atoms with van der Waals surface area (Å²) in [5, 5.41) is 2.36.